The quantitative estimate of drug-likeness (QED) is 0.831. The molecule has 102 valence electrons. The number of hydrogen-bond acceptors (Lipinski definition) is 2. The predicted octanol–water partition coefficient (Wildman–Crippen LogP) is 1.69. The molecule has 1 aliphatic heterocycles. The third kappa shape index (κ3) is 3.24. The van der Waals surface area contributed by atoms with Gasteiger partial charge in [0.05, 0.1) is 0 Å². The molecule has 0 unspecified atom stereocenters. The minimum atomic E-state index is 0.232. The molecule has 18 heavy (non-hydrogen) atoms. The SMILES string of the molecule is CCC(=O)N1CCC(NC(=O)C2CCCC2)CC1. The van der Waals surface area contributed by atoms with Gasteiger partial charge in [0, 0.05) is 31.5 Å². The van der Waals surface area contributed by atoms with Crippen molar-refractivity contribution in [2.24, 2.45) is 5.92 Å². The molecule has 1 saturated heterocycles. The van der Waals surface area contributed by atoms with Crippen molar-refractivity contribution >= 4 is 11.8 Å². The van der Waals surface area contributed by atoms with Gasteiger partial charge in [0.15, 0.2) is 0 Å². The van der Waals surface area contributed by atoms with Gasteiger partial charge in [0.25, 0.3) is 0 Å². The fourth-order valence-electron chi connectivity index (χ4n) is 3.00. The normalized spacial score (nSPS) is 22.2. The Labute approximate surface area is 109 Å². The smallest absolute Gasteiger partial charge is 0.223 e. The van der Waals surface area contributed by atoms with Gasteiger partial charge < -0.3 is 10.2 Å². The molecular weight excluding hydrogens is 228 g/mol. The first kappa shape index (κ1) is 13.4. The molecule has 2 rings (SSSR count). The number of rotatable bonds is 3. The highest BCUT2D eigenvalue weighted by Crippen LogP contribution is 2.25. The van der Waals surface area contributed by atoms with Crippen molar-refractivity contribution in [3.63, 3.8) is 0 Å². The van der Waals surface area contributed by atoms with Crippen molar-refractivity contribution in [3.8, 4) is 0 Å². The van der Waals surface area contributed by atoms with Crippen LogP contribution in [0.2, 0.25) is 0 Å². The molecule has 0 radical (unpaired) electrons. The average molecular weight is 252 g/mol. The molecule has 1 saturated carbocycles. The highest BCUT2D eigenvalue weighted by molar-refractivity contribution is 5.79. The maximum absolute atomic E-state index is 12.0. The van der Waals surface area contributed by atoms with E-state index in [-0.39, 0.29) is 23.8 Å². The predicted molar refractivity (Wildman–Crippen MR) is 70.0 cm³/mol. The summed E-state index contributed by atoms with van der Waals surface area (Å²) in [6, 6.07) is 0.277. The number of piperidine rings is 1. The number of amides is 2. The Balaban J connectivity index is 1.73. The van der Waals surface area contributed by atoms with Crippen molar-refractivity contribution in [1.82, 2.24) is 10.2 Å². The van der Waals surface area contributed by atoms with Crippen LogP contribution in [0.15, 0.2) is 0 Å². The van der Waals surface area contributed by atoms with Gasteiger partial charge in [-0.3, -0.25) is 9.59 Å². The standard InChI is InChI=1S/C14H24N2O2/c1-2-13(17)16-9-7-12(8-10-16)15-14(18)11-5-3-4-6-11/h11-12H,2-10H2,1H3,(H,15,18). The number of carbonyl (C=O) groups is 2. The third-order valence-corrected chi connectivity index (χ3v) is 4.22. The van der Waals surface area contributed by atoms with E-state index in [4.69, 9.17) is 0 Å². The fourth-order valence-corrected chi connectivity index (χ4v) is 3.00. The maximum atomic E-state index is 12.0. The lowest BCUT2D eigenvalue weighted by atomic mass is 10.0. The van der Waals surface area contributed by atoms with E-state index in [2.05, 4.69) is 5.32 Å². The van der Waals surface area contributed by atoms with Crippen LogP contribution in [-0.2, 0) is 9.59 Å². The molecule has 0 aromatic carbocycles. The topological polar surface area (TPSA) is 49.4 Å². The number of nitrogens with zero attached hydrogens (tertiary/aromatic N) is 1. The molecule has 4 nitrogen and oxygen atoms in total. The summed E-state index contributed by atoms with van der Waals surface area (Å²) in [4.78, 5) is 25.5. The zero-order valence-corrected chi connectivity index (χ0v) is 11.3. The molecule has 0 aromatic rings. The zero-order chi connectivity index (χ0) is 13.0. The van der Waals surface area contributed by atoms with E-state index in [0.29, 0.717) is 6.42 Å². The van der Waals surface area contributed by atoms with E-state index >= 15 is 0 Å². The van der Waals surface area contributed by atoms with Gasteiger partial charge in [-0.15, -0.1) is 0 Å². The second-order valence-electron chi connectivity index (χ2n) is 5.50. The molecule has 0 atom stereocenters. The molecule has 4 heteroatoms. The van der Waals surface area contributed by atoms with Gasteiger partial charge in [-0.1, -0.05) is 19.8 Å². The van der Waals surface area contributed by atoms with Gasteiger partial charge in [-0.2, -0.15) is 0 Å². The molecule has 1 aliphatic carbocycles. The monoisotopic (exact) mass is 252 g/mol. The Hall–Kier alpha value is -1.06. The van der Waals surface area contributed by atoms with Crippen LogP contribution in [0.1, 0.15) is 51.9 Å². The maximum Gasteiger partial charge on any atom is 0.223 e. The molecule has 1 heterocycles. The summed E-state index contributed by atoms with van der Waals surface area (Å²) in [5, 5.41) is 3.16. The lowest BCUT2D eigenvalue weighted by Crippen LogP contribution is -2.47. The fraction of sp³-hybridized carbons (Fsp3) is 0.857. The number of hydrogen-bond donors (Lipinski definition) is 1. The first-order chi connectivity index (χ1) is 8.70. The van der Waals surface area contributed by atoms with Gasteiger partial charge in [0.2, 0.25) is 11.8 Å². The van der Waals surface area contributed by atoms with Crippen LogP contribution in [0.5, 0.6) is 0 Å². The molecule has 0 bridgehead atoms. The summed E-state index contributed by atoms with van der Waals surface area (Å²) in [7, 11) is 0. The highest BCUT2D eigenvalue weighted by atomic mass is 16.2. The van der Waals surface area contributed by atoms with Gasteiger partial charge in [0.1, 0.15) is 0 Å². The Morgan fingerprint density at radius 1 is 1.11 bits per heavy atom. The molecule has 2 amide bonds. The van der Waals surface area contributed by atoms with Crippen molar-refractivity contribution in [1.29, 1.82) is 0 Å². The van der Waals surface area contributed by atoms with E-state index in [0.717, 1.165) is 38.8 Å². The largest absolute Gasteiger partial charge is 0.353 e. The molecule has 1 N–H and O–H groups in total. The molecule has 0 spiro atoms. The van der Waals surface area contributed by atoms with Crippen LogP contribution in [0.25, 0.3) is 0 Å². The van der Waals surface area contributed by atoms with Crippen molar-refractivity contribution < 1.29 is 9.59 Å². The van der Waals surface area contributed by atoms with E-state index < -0.39 is 0 Å². The highest BCUT2D eigenvalue weighted by Gasteiger charge is 2.27. The van der Waals surface area contributed by atoms with Crippen LogP contribution >= 0.6 is 0 Å². The molecule has 2 aliphatic rings. The summed E-state index contributed by atoms with van der Waals surface area (Å²) < 4.78 is 0. The summed E-state index contributed by atoms with van der Waals surface area (Å²) >= 11 is 0. The third-order valence-electron chi connectivity index (χ3n) is 4.22. The lowest BCUT2D eigenvalue weighted by molar-refractivity contribution is -0.132. The van der Waals surface area contributed by atoms with Crippen LogP contribution in [-0.4, -0.2) is 35.8 Å². The van der Waals surface area contributed by atoms with Crippen LogP contribution in [0.4, 0.5) is 0 Å². The van der Waals surface area contributed by atoms with Crippen molar-refractivity contribution in [2.75, 3.05) is 13.1 Å². The van der Waals surface area contributed by atoms with Crippen LogP contribution in [0, 0.1) is 5.92 Å². The minimum Gasteiger partial charge on any atom is -0.353 e. The Morgan fingerprint density at radius 2 is 1.72 bits per heavy atom. The minimum absolute atomic E-state index is 0.232. The number of likely N-dealkylation sites (tertiary alicyclic amines) is 1. The Morgan fingerprint density at radius 3 is 2.28 bits per heavy atom. The van der Waals surface area contributed by atoms with Crippen molar-refractivity contribution in [2.45, 2.75) is 57.9 Å². The van der Waals surface area contributed by atoms with Gasteiger partial charge in [-0.25, -0.2) is 0 Å². The van der Waals surface area contributed by atoms with Gasteiger partial charge in [-0.05, 0) is 25.7 Å². The van der Waals surface area contributed by atoms with E-state index in [9.17, 15) is 9.59 Å². The first-order valence-electron chi connectivity index (χ1n) is 7.29. The van der Waals surface area contributed by atoms with E-state index in [1.807, 2.05) is 11.8 Å². The summed E-state index contributed by atoms with van der Waals surface area (Å²) in [5.74, 6) is 0.726. The summed E-state index contributed by atoms with van der Waals surface area (Å²) in [6.07, 6.45) is 6.90. The van der Waals surface area contributed by atoms with Crippen LogP contribution in [0.3, 0.4) is 0 Å². The Bertz CT molecular complexity index is 303. The van der Waals surface area contributed by atoms with Crippen LogP contribution < -0.4 is 5.32 Å². The van der Waals surface area contributed by atoms with E-state index in [1.165, 1.54) is 12.8 Å². The second-order valence-corrected chi connectivity index (χ2v) is 5.50. The molecule has 0 aromatic heterocycles. The lowest BCUT2D eigenvalue weighted by Gasteiger charge is -2.32. The number of carbonyl (C=O) groups excluding carboxylic acids is 2. The summed E-state index contributed by atoms with van der Waals surface area (Å²) in [6.45, 7) is 3.49. The van der Waals surface area contributed by atoms with E-state index in [1.54, 1.807) is 0 Å². The molecular formula is C14H24N2O2. The average Bonchev–Trinajstić information content (AvgIpc) is 2.92. The Kier molecular flexibility index (Phi) is 4.61. The first-order valence-corrected chi connectivity index (χ1v) is 7.29. The summed E-state index contributed by atoms with van der Waals surface area (Å²) in [5.41, 5.74) is 0. The zero-order valence-electron chi connectivity index (χ0n) is 11.3. The van der Waals surface area contributed by atoms with Gasteiger partial charge >= 0.3 is 0 Å². The number of nitrogens with one attached hydrogen (secondary N) is 1. The van der Waals surface area contributed by atoms with Crippen molar-refractivity contribution in [3.05, 3.63) is 0 Å². The molecule has 2 fully saturated rings. The second kappa shape index (κ2) is 6.21.